The highest BCUT2D eigenvalue weighted by Gasteiger charge is 2.23. The first kappa shape index (κ1) is 23.8. The molecule has 2 N–H and O–H groups in total. The normalized spacial score (nSPS) is 16.1. The summed E-state index contributed by atoms with van der Waals surface area (Å²) in [5.74, 6) is 1.28. The molecule has 11 heteroatoms. The SMILES string of the molecule is CC(C)[C@H]1CN(c2ncc(-c3ccc(-c4cnnn4C)cc3O)nn2)CCN1.Cl.Cl. The van der Waals surface area contributed by atoms with Crippen LogP contribution in [0.25, 0.3) is 22.5 Å². The van der Waals surface area contributed by atoms with E-state index < -0.39 is 0 Å². The second kappa shape index (κ2) is 10.0. The maximum Gasteiger partial charge on any atom is 0.245 e. The molecule has 0 spiro atoms. The third-order valence-corrected chi connectivity index (χ3v) is 5.13. The van der Waals surface area contributed by atoms with Crippen LogP contribution in [0.5, 0.6) is 5.75 Å². The number of hydrogen-bond donors (Lipinski definition) is 2. The van der Waals surface area contributed by atoms with Crippen molar-refractivity contribution in [3.05, 3.63) is 30.6 Å². The van der Waals surface area contributed by atoms with Gasteiger partial charge in [-0.2, -0.15) is 0 Å². The average molecular weight is 453 g/mol. The van der Waals surface area contributed by atoms with E-state index in [1.807, 2.05) is 12.1 Å². The number of aromatic nitrogens is 6. The molecule has 0 bridgehead atoms. The molecule has 1 aliphatic heterocycles. The van der Waals surface area contributed by atoms with Crippen LogP contribution in [0, 0.1) is 5.92 Å². The fourth-order valence-electron chi connectivity index (χ4n) is 3.40. The van der Waals surface area contributed by atoms with Gasteiger partial charge in [-0.05, 0) is 18.1 Å². The number of halogens is 2. The van der Waals surface area contributed by atoms with Crippen LogP contribution in [-0.2, 0) is 7.05 Å². The van der Waals surface area contributed by atoms with Crippen molar-refractivity contribution in [2.24, 2.45) is 13.0 Å². The number of nitrogens with zero attached hydrogens (tertiary/aromatic N) is 7. The Morgan fingerprint density at radius 3 is 2.57 bits per heavy atom. The van der Waals surface area contributed by atoms with E-state index in [0.29, 0.717) is 29.2 Å². The molecule has 1 atom stereocenters. The van der Waals surface area contributed by atoms with Crippen molar-refractivity contribution < 1.29 is 5.11 Å². The van der Waals surface area contributed by atoms with Gasteiger partial charge >= 0.3 is 0 Å². The van der Waals surface area contributed by atoms with E-state index >= 15 is 0 Å². The van der Waals surface area contributed by atoms with E-state index in [1.54, 1.807) is 30.2 Å². The highest BCUT2D eigenvalue weighted by Crippen LogP contribution is 2.31. The first-order valence-electron chi connectivity index (χ1n) is 9.39. The molecular weight excluding hydrogens is 427 g/mol. The summed E-state index contributed by atoms with van der Waals surface area (Å²) in [4.78, 5) is 6.64. The van der Waals surface area contributed by atoms with Crippen molar-refractivity contribution >= 4 is 30.8 Å². The molecule has 162 valence electrons. The standard InChI is InChI=1S/C19H24N8O.2ClH/c1-12(2)16-11-27(7-6-20-16)19-21-9-15(23-24-19)14-5-4-13(8-18(14)28)17-10-22-25-26(17)3;;/h4-5,8-10,12,16,20,28H,6-7,11H2,1-3H3;2*1H/t16-;;/m1../s1. The minimum absolute atomic E-state index is 0. The highest BCUT2D eigenvalue weighted by atomic mass is 35.5. The Bertz CT molecular complexity index is 963. The molecule has 9 nitrogen and oxygen atoms in total. The molecule has 1 aromatic carbocycles. The molecule has 1 saturated heterocycles. The summed E-state index contributed by atoms with van der Waals surface area (Å²) in [5, 5.41) is 30.4. The van der Waals surface area contributed by atoms with Crippen molar-refractivity contribution in [3.63, 3.8) is 0 Å². The van der Waals surface area contributed by atoms with Crippen LogP contribution in [0.1, 0.15) is 13.8 Å². The molecular formula is C19H26Cl2N8O. The maximum atomic E-state index is 10.5. The van der Waals surface area contributed by atoms with Gasteiger partial charge < -0.3 is 15.3 Å². The quantitative estimate of drug-likeness (QED) is 0.620. The van der Waals surface area contributed by atoms with Gasteiger partial charge in [0.2, 0.25) is 5.95 Å². The average Bonchev–Trinajstić information content (AvgIpc) is 3.14. The Hall–Kier alpha value is -2.49. The van der Waals surface area contributed by atoms with Crippen LogP contribution in [0.2, 0.25) is 0 Å². The number of phenolic OH excluding ortho intramolecular Hbond substituents is 1. The fraction of sp³-hybridized carbons (Fsp3) is 0.421. The second-order valence-electron chi connectivity index (χ2n) is 7.37. The van der Waals surface area contributed by atoms with Gasteiger partial charge in [-0.25, -0.2) is 9.67 Å². The molecule has 4 rings (SSSR count). The minimum Gasteiger partial charge on any atom is -0.507 e. The zero-order chi connectivity index (χ0) is 19.7. The van der Waals surface area contributed by atoms with E-state index in [1.165, 1.54) is 0 Å². The van der Waals surface area contributed by atoms with E-state index in [2.05, 4.69) is 49.6 Å². The lowest BCUT2D eigenvalue weighted by Gasteiger charge is -2.35. The third kappa shape index (κ3) is 4.80. The summed E-state index contributed by atoms with van der Waals surface area (Å²) in [5.41, 5.74) is 2.77. The summed E-state index contributed by atoms with van der Waals surface area (Å²) in [6.07, 6.45) is 3.32. The molecule has 3 heterocycles. The number of anilines is 1. The Kier molecular flexibility index (Phi) is 7.94. The van der Waals surface area contributed by atoms with Crippen molar-refractivity contribution in [1.29, 1.82) is 0 Å². The van der Waals surface area contributed by atoms with Gasteiger partial charge in [0.15, 0.2) is 0 Å². The van der Waals surface area contributed by atoms with Crippen LogP contribution in [0.4, 0.5) is 5.95 Å². The summed E-state index contributed by atoms with van der Waals surface area (Å²) >= 11 is 0. The van der Waals surface area contributed by atoms with Crippen LogP contribution >= 0.6 is 24.8 Å². The number of hydrogen-bond acceptors (Lipinski definition) is 8. The monoisotopic (exact) mass is 452 g/mol. The third-order valence-electron chi connectivity index (χ3n) is 5.13. The first-order valence-corrected chi connectivity index (χ1v) is 9.39. The van der Waals surface area contributed by atoms with Crippen molar-refractivity contribution in [2.75, 3.05) is 24.5 Å². The Balaban J connectivity index is 0.00000160. The zero-order valence-electron chi connectivity index (χ0n) is 17.1. The molecule has 0 unspecified atom stereocenters. The van der Waals surface area contributed by atoms with Gasteiger partial charge in [-0.15, -0.1) is 40.1 Å². The Morgan fingerprint density at radius 1 is 1.17 bits per heavy atom. The molecule has 1 aliphatic rings. The van der Waals surface area contributed by atoms with Gasteiger partial charge in [0.1, 0.15) is 11.4 Å². The molecule has 30 heavy (non-hydrogen) atoms. The lowest BCUT2D eigenvalue weighted by atomic mass is 10.0. The van der Waals surface area contributed by atoms with Crippen LogP contribution in [0.3, 0.4) is 0 Å². The topological polar surface area (TPSA) is 105 Å². The number of phenols is 1. The molecule has 0 aliphatic carbocycles. The summed E-state index contributed by atoms with van der Waals surface area (Å²) in [6, 6.07) is 5.79. The second-order valence-corrected chi connectivity index (χ2v) is 7.37. The van der Waals surface area contributed by atoms with E-state index in [4.69, 9.17) is 0 Å². The summed E-state index contributed by atoms with van der Waals surface area (Å²) in [7, 11) is 1.81. The Labute approximate surface area is 187 Å². The number of piperazine rings is 1. The summed E-state index contributed by atoms with van der Waals surface area (Å²) in [6.45, 7) is 7.02. The predicted molar refractivity (Wildman–Crippen MR) is 120 cm³/mol. The van der Waals surface area contributed by atoms with E-state index in [9.17, 15) is 5.11 Å². The minimum atomic E-state index is 0. The van der Waals surface area contributed by atoms with Crippen molar-refractivity contribution in [2.45, 2.75) is 19.9 Å². The molecule has 3 aromatic rings. The lowest BCUT2D eigenvalue weighted by Crippen LogP contribution is -2.53. The first-order chi connectivity index (χ1) is 13.5. The van der Waals surface area contributed by atoms with Gasteiger partial charge in [-0.1, -0.05) is 25.1 Å². The predicted octanol–water partition coefficient (Wildman–Crippen LogP) is 2.32. The van der Waals surface area contributed by atoms with Gasteiger partial charge in [0, 0.05) is 43.9 Å². The molecule has 0 radical (unpaired) electrons. The molecule has 1 fully saturated rings. The number of aromatic hydroxyl groups is 1. The smallest absolute Gasteiger partial charge is 0.245 e. The lowest BCUT2D eigenvalue weighted by molar-refractivity contribution is 0.365. The Morgan fingerprint density at radius 2 is 1.97 bits per heavy atom. The molecule has 0 amide bonds. The molecule has 0 saturated carbocycles. The van der Waals surface area contributed by atoms with Gasteiger partial charge in [-0.3, -0.25) is 0 Å². The molecule has 2 aromatic heterocycles. The highest BCUT2D eigenvalue weighted by molar-refractivity contribution is 5.85. The van der Waals surface area contributed by atoms with Crippen molar-refractivity contribution in [3.8, 4) is 28.3 Å². The fourth-order valence-corrected chi connectivity index (χ4v) is 3.40. The van der Waals surface area contributed by atoms with Crippen LogP contribution in [0.15, 0.2) is 30.6 Å². The number of aryl methyl sites for hydroxylation is 1. The van der Waals surface area contributed by atoms with Gasteiger partial charge in [0.05, 0.1) is 18.1 Å². The largest absolute Gasteiger partial charge is 0.507 e. The summed E-state index contributed by atoms with van der Waals surface area (Å²) < 4.78 is 1.66. The zero-order valence-corrected chi connectivity index (χ0v) is 18.7. The number of benzene rings is 1. The van der Waals surface area contributed by atoms with Gasteiger partial charge in [0.25, 0.3) is 0 Å². The van der Waals surface area contributed by atoms with E-state index in [0.717, 1.165) is 30.9 Å². The number of rotatable bonds is 4. The van der Waals surface area contributed by atoms with Crippen LogP contribution < -0.4 is 10.2 Å². The maximum absolute atomic E-state index is 10.5. The van der Waals surface area contributed by atoms with Crippen molar-refractivity contribution in [1.82, 2.24) is 35.5 Å². The van der Waals surface area contributed by atoms with E-state index in [-0.39, 0.29) is 30.6 Å². The number of nitrogens with one attached hydrogen (secondary N) is 1. The van der Waals surface area contributed by atoms with Crippen LogP contribution in [-0.4, -0.2) is 61.0 Å².